The highest BCUT2D eigenvalue weighted by molar-refractivity contribution is 6.37. The van der Waals surface area contributed by atoms with Gasteiger partial charge in [0.05, 0.1) is 10.0 Å². The zero-order chi connectivity index (χ0) is 13.8. The first-order valence-electron chi connectivity index (χ1n) is 6.67. The average molecular weight is 303 g/mol. The van der Waals surface area contributed by atoms with Crippen LogP contribution in [0.25, 0.3) is 0 Å². The molecule has 2 heterocycles. The number of nitrogens with one attached hydrogen (secondary N) is 1. The maximum atomic E-state index is 6.09. The van der Waals surface area contributed by atoms with Gasteiger partial charge in [0.15, 0.2) is 0 Å². The highest BCUT2D eigenvalue weighted by atomic mass is 35.5. The third kappa shape index (κ3) is 3.88. The molecule has 106 valence electrons. The van der Waals surface area contributed by atoms with Crippen LogP contribution in [-0.2, 0) is 0 Å². The van der Waals surface area contributed by atoms with Crippen molar-refractivity contribution in [3.8, 4) is 0 Å². The first-order valence-corrected chi connectivity index (χ1v) is 7.43. The topological polar surface area (TPSA) is 54.2 Å². The summed E-state index contributed by atoms with van der Waals surface area (Å²) in [5, 5.41) is 4.15. The number of piperidine rings is 1. The van der Waals surface area contributed by atoms with E-state index in [1.807, 2.05) is 0 Å². The number of nitrogens with two attached hydrogens (primary N) is 1. The van der Waals surface area contributed by atoms with Gasteiger partial charge in [-0.05, 0) is 38.9 Å². The summed E-state index contributed by atoms with van der Waals surface area (Å²) in [5.74, 6) is 0.909. The van der Waals surface area contributed by atoms with Crippen molar-refractivity contribution in [1.29, 1.82) is 0 Å². The second-order valence-corrected chi connectivity index (χ2v) is 5.83. The van der Waals surface area contributed by atoms with Crippen LogP contribution < -0.4 is 11.1 Å². The van der Waals surface area contributed by atoms with Gasteiger partial charge in [0.25, 0.3) is 0 Å². The molecule has 0 radical (unpaired) electrons. The van der Waals surface area contributed by atoms with Crippen LogP contribution in [0.4, 0.5) is 11.6 Å². The van der Waals surface area contributed by atoms with E-state index >= 15 is 0 Å². The molecule has 0 aliphatic carbocycles. The smallest absolute Gasteiger partial charge is 0.147 e. The van der Waals surface area contributed by atoms with E-state index in [-0.39, 0.29) is 0 Å². The highest BCUT2D eigenvalue weighted by Crippen LogP contribution is 2.27. The Bertz CT molecular complexity index is 433. The fourth-order valence-electron chi connectivity index (χ4n) is 2.34. The van der Waals surface area contributed by atoms with Gasteiger partial charge >= 0.3 is 0 Å². The SMILES string of the molecule is CC(CNc1nc(N)c(Cl)cc1Cl)N1CCCCC1. The van der Waals surface area contributed by atoms with E-state index in [1.165, 1.54) is 32.4 Å². The van der Waals surface area contributed by atoms with Crippen molar-refractivity contribution in [2.45, 2.75) is 32.2 Å². The molecule has 2 rings (SSSR count). The Morgan fingerprint density at radius 2 is 2.00 bits per heavy atom. The van der Waals surface area contributed by atoms with E-state index in [9.17, 15) is 0 Å². The van der Waals surface area contributed by atoms with Crippen LogP contribution in [-0.4, -0.2) is 35.6 Å². The lowest BCUT2D eigenvalue weighted by molar-refractivity contribution is 0.180. The number of anilines is 2. The molecular formula is C13H20Cl2N4. The number of hydrogen-bond donors (Lipinski definition) is 2. The number of likely N-dealkylation sites (tertiary alicyclic amines) is 1. The third-order valence-electron chi connectivity index (χ3n) is 3.54. The lowest BCUT2D eigenvalue weighted by Gasteiger charge is -2.32. The first kappa shape index (κ1) is 14.7. The van der Waals surface area contributed by atoms with Gasteiger partial charge in [-0.2, -0.15) is 0 Å². The summed E-state index contributed by atoms with van der Waals surface area (Å²) in [7, 11) is 0. The van der Waals surface area contributed by atoms with Gasteiger partial charge < -0.3 is 11.1 Å². The van der Waals surface area contributed by atoms with Gasteiger partial charge in [0.2, 0.25) is 0 Å². The van der Waals surface area contributed by atoms with Crippen LogP contribution in [0.2, 0.25) is 10.0 Å². The molecular weight excluding hydrogens is 283 g/mol. The lowest BCUT2D eigenvalue weighted by Crippen LogP contribution is -2.41. The maximum absolute atomic E-state index is 6.09. The summed E-state index contributed by atoms with van der Waals surface area (Å²) in [4.78, 5) is 6.66. The minimum Gasteiger partial charge on any atom is -0.382 e. The molecule has 1 aliphatic rings. The summed E-state index contributed by atoms with van der Waals surface area (Å²) in [6, 6.07) is 2.08. The van der Waals surface area contributed by atoms with Crippen molar-refractivity contribution in [1.82, 2.24) is 9.88 Å². The molecule has 0 spiro atoms. The van der Waals surface area contributed by atoms with Crippen LogP contribution in [0.5, 0.6) is 0 Å². The van der Waals surface area contributed by atoms with Crippen LogP contribution in [0.3, 0.4) is 0 Å². The molecule has 0 amide bonds. The zero-order valence-corrected chi connectivity index (χ0v) is 12.6. The van der Waals surface area contributed by atoms with Crippen molar-refractivity contribution < 1.29 is 0 Å². The molecule has 0 saturated carbocycles. The zero-order valence-electron chi connectivity index (χ0n) is 11.1. The maximum Gasteiger partial charge on any atom is 0.147 e. The molecule has 1 saturated heterocycles. The number of aromatic nitrogens is 1. The summed E-state index contributed by atoms with van der Waals surface area (Å²) < 4.78 is 0. The van der Waals surface area contributed by atoms with E-state index in [2.05, 4.69) is 22.1 Å². The van der Waals surface area contributed by atoms with Gasteiger partial charge in [0, 0.05) is 12.6 Å². The third-order valence-corrected chi connectivity index (χ3v) is 4.13. The Kier molecular flexibility index (Phi) is 5.13. The fraction of sp³-hybridized carbons (Fsp3) is 0.615. The van der Waals surface area contributed by atoms with E-state index in [4.69, 9.17) is 28.9 Å². The van der Waals surface area contributed by atoms with E-state index < -0.39 is 0 Å². The second-order valence-electron chi connectivity index (χ2n) is 5.01. The molecule has 3 N–H and O–H groups in total. The van der Waals surface area contributed by atoms with Crippen molar-refractivity contribution in [2.75, 3.05) is 30.7 Å². The normalized spacial score (nSPS) is 18.3. The van der Waals surface area contributed by atoms with Crippen LogP contribution in [0.15, 0.2) is 6.07 Å². The molecule has 6 heteroatoms. The monoisotopic (exact) mass is 302 g/mol. The fourth-order valence-corrected chi connectivity index (χ4v) is 2.76. The quantitative estimate of drug-likeness (QED) is 0.896. The minimum atomic E-state index is 0.305. The van der Waals surface area contributed by atoms with Gasteiger partial charge in [0.1, 0.15) is 11.6 Å². The standard InChI is InChI=1S/C13H20Cl2N4/c1-9(19-5-3-2-4-6-19)8-17-13-11(15)7-10(14)12(16)18-13/h7,9H,2-6,8H2,1H3,(H3,16,17,18). The van der Waals surface area contributed by atoms with Crippen molar-refractivity contribution >= 4 is 34.8 Å². The number of halogens is 2. The molecule has 1 aromatic heterocycles. The Morgan fingerprint density at radius 1 is 1.32 bits per heavy atom. The van der Waals surface area contributed by atoms with E-state index in [1.54, 1.807) is 6.07 Å². The predicted octanol–water partition coefficient (Wildman–Crippen LogP) is 3.26. The van der Waals surface area contributed by atoms with Gasteiger partial charge in [-0.25, -0.2) is 4.98 Å². The molecule has 4 nitrogen and oxygen atoms in total. The summed E-state index contributed by atoms with van der Waals surface area (Å²) in [5.41, 5.74) is 5.69. The van der Waals surface area contributed by atoms with Crippen LogP contribution >= 0.6 is 23.2 Å². The molecule has 0 bridgehead atoms. The number of nitrogen functional groups attached to an aromatic ring is 1. The van der Waals surface area contributed by atoms with Gasteiger partial charge in [-0.1, -0.05) is 29.6 Å². The summed E-state index contributed by atoms with van der Waals surface area (Å²) in [6.45, 7) is 5.36. The Labute approximate surface area is 124 Å². The number of rotatable bonds is 4. The molecule has 1 unspecified atom stereocenters. The molecule has 1 atom stereocenters. The van der Waals surface area contributed by atoms with E-state index in [0.29, 0.717) is 27.7 Å². The largest absolute Gasteiger partial charge is 0.382 e. The molecule has 0 aromatic carbocycles. The van der Waals surface area contributed by atoms with Gasteiger partial charge in [-0.3, -0.25) is 4.90 Å². The second kappa shape index (κ2) is 6.64. The van der Waals surface area contributed by atoms with Crippen LogP contribution in [0, 0.1) is 0 Å². The van der Waals surface area contributed by atoms with Crippen LogP contribution in [0.1, 0.15) is 26.2 Å². The Hall–Kier alpha value is -0.710. The van der Waals surface area contributed by atoms with Crippen molar-refractivity contribution in [2.24, 2.45) is 0 Å². The van der Waals surface area contributed by atoms with Gasteiger partial charge in [-0.15, -0.1) is 0 Å². The number of nitrogens with zero attached hydrogens (tertiary/aromatic N) is 2. The van der Waals surface area contributed by atoms with Crippen molar-refractivity contribution in [3.63, 3.8) is 0 Å². The molecule has 1 aliphatic heterocycles. The first-order chi connectivity index (χ1) is 9.08. The summed E-state index contributed by atoms with van der Waals surface area (Å²) in [6.07, 6.45) is 3.92. The Morgan fingerprint density at radius 3 is 2.68 bits per heavy atom. The molecule has 19 heavy (non-hydrogen) atoms. The average Bonchev–Trinajstić information content (AvgIpc) is 2.42. The lowest BCUT2D eigenvalue weighted by atomic mass is 10.1. The highest BCUT2D eigenvalue weighted by Gasteiger charge is 2.17. The molecule has 1 aromatic rings. The number of pyridine rings is 1. The summed E-state index contributed by atoms with van der Waals surface area (Å²) >= 11 is 12.0. The van der Waals surface area contributed by atoms with E-state index in [0.717, 1.165) is 6.54 Å². The number of hydrogen-bond acceptors (Lipinski definition) is 4. The predicted molar refractivity (Wildman–Crippen MR) is 82.0 cm³/mol. The Balaban J connectivity index is 1.92. The van der Waals surface area contributed by atoms with Crippen molar-refractivity contribution in [3.05, 3.63) is 16.1 Å². The molecule has 1 fully saturated rings. The minimum absolute atomic E-state index is 0.305.